The molecule has 0 spiro atoms. The molecule has 4 nitrogen and oxygen atoms in total. The summed E-state index contributed by atoms with van der Waals surface area (Å²) in [6, 6.07) is 16.4. The molecule has 0 aromatic heterocycles. The smallest absolute Gasteiger partial charge is 0.333 e. The number of hydrogen-bond acceptors (Lipinski definition) is 4. The maximum Gasteiger partial charge on any atom is 0.333 e. The Bertz CT molecular complexity index is 576. The van der Waals surface area contributed by atoms with Gasteiger partial charge in [-0.3, -0.25) is 0 Å². The van der Waals surface area contributed by atoms with Crippen LogP contribution < -0.4 is 10.5 Å². The molecule has 4 heteroatoms. The van der Waals surface area contributed by atoms with Crippen LogP contribution in [-0.4, -0.2) is 12.8 Å². The molecule has 0 atom stereocenters. The lowest BCUT2D eigenvalue weighted by Gasteiger charge is -2.05. The second-order valence-electron chi connectivity index (χ2n) is 4.04. The van der Waals surface area contributed by atoms with E-state index < -0.39 is 5.97 Å². The van der Waals surface area contributed by atoms with Gasteiger partial charge < -0.3 is 15.2 Å². The zero-order valence-electron chi connectivity index (χ0n) is 10.9. The van der Waals surface area contributed by atoms with Gasteiger partial charge in [0.1, 0.15) is 5.75 Å². The molecule has 0 unspecified atom stereocenters. The largest absolute Gasteiger partial charge is 0.457 e. The van der Waals surface area contributed by atoms with Crippen LogP contribution in [-0.2, 0) is 9.53 Å². The first-order valence-electron chi connectivity index (χ1n) is 6.12. The number of nitrogens with two attached hydrogens (primary N) is 1. The minimum Gasteiger partial charge on any atom is -0.457 e. The van der Waals surface area contributed by atoms with Crippen molar-refractivity contribution in [1.82, 2.24) is 0 Å². The molecule has 0 fully saturated rings. The van der Waals surface area contributed by atoms with Gasteiger partial charge in [0.05, 0.1) is 0 Å². The third-order valence-corrected chi connectivity index (χ3v) is 2.52. The zero-order chi connectivity index (χ0) is 14.2. The summed E-state index contributed by atoms with van der Waals surface area (Å²) in [5.41, 5.74) is 7.14. The van der Waals surface area contributed by atoms with Crippen LogP contribution in [0.2, 0.25) is 0 Å². The van der Waals surface area contributed by atoms with E-state index in [9.17, 15) is 4.79 Å². The molecule has 0 aliphatic carbocycles. The molecule has 2 N–H and O–H groups in total. The highest BCUT2D eigenvalue weighted by molar-refractivity contribution is 5.86. The SMILES string of the molecule is Nc1ccc(OCOC(=O)C=Cc2ccccc2)cc1. The summed E-state index contributed by atoms with van der Waals surface area (Å²) in [6.07, 6.45) is 3.05. The number of carbonyl (C=O) groups is 1. The number of benzene rings is 2. The van der Waals surface area contributed by atoms with Crippen molar-refractivity contribution < 1.29 is 14.3 Å². The van der Waals surface area contributed by atoms with E-state index in [1.807, 2.05) is 30.3 Å². The molecule has 0 radical (unpaired) electrons. The highest BCUT2D eigenvalue weighted by Gasteiger charge is 1.98. The van der Waals surface area contributed by atoms with Crippen molar-refractivity contribution in [3.05, 3.63) is 66.2 Å². The third kappa shape index (κ3) is 4.49. The monoisotopic (exact) mass is 269 g/mol. The number of carbonyl (C=O) groups excluding carboxylic acids is 1. The predicted octanol–water partition coefficient (Wildman–Crippen LogP) is 2.86. The van der Waals surface area contributed by atoms with Crippen LogP contribution in [0.1, 0.15) is 5.56 Å². The number of nitrogen functional groups attached to an aromatic ring is 1. The lowest BCUT2D eigenvalue weighted by Crippen LogP contribution is -2.07. The molecule has 0 saturated carbocycles. The maximum atomic E-state index is 11.5. The molecule has 0 aliphatic rings. The first-order chi connectivity index (χ1) is 9.74. The quantitative estimate of drug-likeness (QED) is 0.392. The minimum atomic E-state index is -0.454. The maximum absolute atomic E-state index is 11.5. The van der Waals surface area contributed by atoms with Crippen molar-refractivity contribution in [1.29, 1.82) is 0 Å². The normalized spacial score (nSPS) is 10.4. The third-order valence-electron chi connectivity index (χ3n) is 2.52. The Morgan fingerprint density at radius 3 is 2.45 bits per heavy atom. The fourth-order valence-corrected chi connectivity index (χ4v) is 1.50. The summed E-state index contributed by atoms with van der Waals surface area (Å²) in [5, 5.41) is 0. The molecule has 102 valence electrons. The van der Waals surface area contributed by atoms with Gasteiger partial charge in [-0.05, 0) is 35.9 Å². The molecule has 2 rings (SSSR count). The summed E-state index contributed by atoms with van der Waals surface area (Å²) in [7, 11) is 0. The molecule has 0 heterocycles. The number of rotatable bonds is 5. The molecule has 0 amide bonds. The van der Waals surface area contributed by atoms with Crippen molar-refractivity contribution in [2.75, 3.05) is 12.5 Å². The van der Waals surface area contributed by atoms with Gasteiger partial charge in [-0.1, -0.05) is 30.3 Å². The zero-order valence-corrected chi connectivity index (χ0v) is 10.9. The first kappa shape index (κ1) is 13.7. The van der Waals surface area contributed by atoms with Gasteiger partial charge in [0.2, 0.25) is 6.79 Å². The fraction of sp³-hybridized carbons (Fsp3) is 0.0625. The van der Waals surface area contributed by atoms with E-state index in [-0.39, 0.29) is 6.79 Å². The van der Waals surface area contributed by atoms with Gasteiger partial charge in [0, 0.05) is 11.8 Å². The molecule has 20 heavy (non-hydrogen) atoms. The Morgan fingerprint density at radius 1 is 1.05 bits per heavy atom. The van der Waals surface area contributed by atoms with E-state index >= 15 is 0 Å². The van der Waals surface area contributed by atoms with Gasteiger partial charge in [0.15, 0.2) is 0 Å². The molecular weight excluding hydrogens is 254 g/mol. The van der Waals surface area contributed by atoms with Crippen LogP contribution in [0.15, 0.2) is 60.7 Å². The molecular formula is C16H15NO3. The van der Waals surface area contributed by atoms with Gasteiger partial charge in [0.25, 0.3) is 0 Å². The molecule has 0 aliphatic heterocycles. The van der Waals surface area contributed by atoms with Crippen LogP contribution in [0.5, 0.6) is 5.75 Å². The Morgan fingerprint density at radius 2 is 1.75 bits per heavy atom. The summed E-state index contributed by atoms with van der Waals surface area (Å²) in [5.74, 6) is 0.142. The Balaban J connectivity index is 1.75. The van der Waals surface area contributed by atoms with Crippen molar-refractivity contribution in [2.45, 2.75) is 0 Å². The van der Waals surface area contributed by atoms with E-state index in [0.29, 0.717) is 11.4 Å². The van der Waals surface area contributed by atoms with E-state index in [2.05, 4.69) is 0 Å². The summed E-state index contributed by atoms with van der Waals surface area (Å²) in [6.45, 7) is -0.137. The summed E-state index contributed by atoms with van der Waals surface area (Å²) >= 11 is 0. The second-order valence-corrected chi connectivity index (χ2v) is 4.04. The number of ether oxygens (including phenoxy) is 2. The van der Waals surface area contributed by atoms with E-state index in [4.69, 9.17) is 15.2 Å². The van der Waals surface area contributed by atoms with Crippen LogP contribution in [0.25, 0.3) is 6.08 Å². The minimum absolute atomic E-state index is 0.137. The van der Waals surface area contributed by atoms with Crippen molar-refractivity contribution in [2.24, 2.45) is 0 Å². The Kier molecular flexibility index (Phi) is 4.78. The summed E-state index contributed by atoms with van der Waals surface area (Å²) in [4.78, 5) is 11.5. The number of anilines is 1. The van der Waals surface area contributed by atoms with Crippen LogP contribution in [0, 0.1) is 0 Å². The predicted molar refractivity (Wildman–Crippen MR) is 77.9 cm³/mol. The second kappa shape index (κ2) is 6.99. The van der Waals surface area contributed by atoms with E-state index in [0.717, 1.165) is 5.56 Å². The van der Waals surface area contributed by atoms with Crippen molar-refractivity contribution in [3.63, 3.8) is 0 Å². The molecule has 0 bridgehead atoms. The Hall–Kier alpha value is -2.75. The van der Waals surface area contributed by atoms with Crippen molar-refractivity contribution in [3.8, 4) is 5.75 Å². The number of hydrogen-bond donors (Lipinski definition) is 1. The lowest BCUT2D eigenvalue weighted by molar-refractivity contribution is -0.144. The van der Waals surface area contributed by atoms with Gasteiger partial charge in [-0.15, -0.1) is 0 Å². The molecule has 2 aromatic rings. The standard InChI is InChI=1S/C16H15NO3/c17-14-7-9-15(10-8-14)19-12-20-16(18)11-6-13-4-2-1-3-5-13/h1-11H,12,17H2. The van der Waals surface area contributed by atoms with Crippen molar-refractivity contribution >= 4 is 17.7 Å². The summed E-state index contributed by atoms with van der Waals surface area (Å²) < 4.78 is 10.2. The lowest BCUT2D eigenvalue weighted by atomic mass is 10.2. The van der Waals surface area contributed by atoms with Gasteiger partial charge in [-0.25, -0.2) is 4.79 Å². The Labute approximate surface area is 117 Å². The highest BCUT2D eigenvalue weighted by atomic mass is 16.7. The fourth-order valence-electron chi connectivity index (χ4n) is 1.50. The average Bonchev–Trinajstić information content (AvgIpc) is 2.48. The highest BCUT2D eigenvalue weighted by Crippen LogP contribution is 2.12. The van der Waals surface area contributed by atoms with E-state index in [1.54, 1.807) is 30.3 Å². The first-order valence-corrected chi connectivity index (χ1v) is 6.12. The molecule has 2 aromatic carbocycles. The van der Waals surface area contributed by atoms with Crippen LogP contribution in [0.3, 0.4) is 0 Å². The van der Waals surface area contributed by atoms with Gasteiger partial charge >= 0.3 is 5.97 Å². The van der Waals surface area contributed by atoms with E-state index in [1.165, 1.54) is 6.08 Å². The van der Waals surface area contributed by atoms with Crippen LogP contribution >= 0.6 is 0 Å². The average molecular weight is 269 g/mol. The number of esters is 1. The van der Waals surface area contributed by atoms with Gasteiger partial charge in [-0.2, -0.15) is 0 Å². The topological polar surface area (TPSA) is 61.6 Å². The van der Waals surface area contributed by atoms with Crippen LogP contribution in [0.4, 0.5) is 5.69 Å². The molecule has 0 saturated heterocycles.